The van der Waals surface area contributed by atoms with Crippen LogP contribution in [0.25, 0.3) is 0 Å². The largest absolute Gasteiger partial charge is 0.336 e. The molecule has 0 bridgehead atoms. The lowest BCUT2D eigenvalue weighted by Gasteiger charge is -2.30. The summed E-state index contributed by atoms with van der Waals surface area (Å²) in [4.78, 5) is 12.8. The van der Waals surface area contributed by atoms with Crippen LogP contribution in [0, 0.1) is 5.92 Å². The van der Waals surface area contributed by atoms with Crippen LogP contribution in [0.5, 0.6) is 0 Å². The van der Waals surface area contributed by atoms with Crippen LogP contribution in [0.15, 0.2) is 0 Å². The molecule has 4 nitrogen and oxygen atoms in total. The summed E-state index contributed by atoms with van der Waals surface area (Å²) in [6.45, 7) is 4.05. The van der Waals surface area contributed by atoms with Gasteiger partial charge in [-0.05, 0) is 25.3 Å². The number of amides is 2. The van der Waals surface area contributed by atoms with Crippen molar-refractivity contribution in [1.82, 2.24) is 15.5 Å². The first-order valence-electron chi connectivity index (χ1n) is 5.30. The molecule has 0 radical (unpaired) electrons. The second-order valence-corrected chi connectivity index (χ2v) is 4.26. The third kappa shape index (κ3) is 3.18. The smallest absolute Gasteiger partial charge is 0.316 e. The summed E-state index contributed by atoms with van der Waals surface area (Å²) in [6, 6.07) is 0.428. The molecule has 0 aromatic rings. The van der Waals surface area contributed by atoms with Crippen LogP contribution in [-0.2, 0) is 0 Å². The number of urea groups is 1. The molecule has 0 aliphatic carbocycles. The minimum absolute atomic E-state index is 0.00965. The van der Waals surface area contributed by atoms with Gasteiger partial charge in [-0.3, -0.25) is 0 Å². The SMILES string of the molecule is CC1CCCNC1CNC(=O)N(C)C. The van der Waals surface area contributed by atoms with E-state index in [1.807, 2.05) is 0 Å². The first kappa shape index (κ1) is 11.3. The molecule has 1 fully saturated rings. The van der Waals surface area contributed by atoms with Crippen LogP contribution in [0.3, 0.4) is 0 Å². The van der Waals surface area contributed by atoms with Crippen LogP contribution < -0.4 is 10.6 Å². The highest BCUT2D eigenvalue weighted by Crippen LogP contribution is 2.14. The molecule has 82 valence electrons. The number of carbonyl (C=O) groups is 1. The molecule has 14 heavy (non-hydrogen) atoms. The molecule has 1 aliphatic rings. The zero-order chi connectivity index (χ0) is 10.6. The van der Waals surface area contributed by atoms with Crippen molar-refractivity contribution in [3.63, 3.8) is 0 Å². The number of hydrogen-bond donors (Lipinski definition) is 2. The van der Waals surface area contributed by atoms with Crippen molar-refractivity contribution < 1.29 is 4.79 Å². The summed E-state index contributed by atoms with van der Waals surface area (Å²) in [5.74, 6) is 0.659. The van der Waals surface area contributed by atoms with Gasteiger partial charge in [-0.1, -0.05) is 6.92 Å². The Balaban J connectivity index is 2.26. The normalized spacial score (nSPS) is 27.1. The fourth-order valence-electron chi connectivity index (χ4n) is 1.74. The van der Waals surface area contributed by atoms with Gasteiger partial charge in [0, 0.05) is 26.7 Å². The van der Waals surface area contributed by atoms with Gasteiger partial charge >= 0.3 is 6.03 Å². The van der Waals surface area contributed by atoms with Crippen LogP contribution >= 0.6 is 0 Å². The predicted molar refractivity (Wildman–Crippen MR) is 57.3 cm³/mol. The second-order valence-electron chi connectivity index (χ2n) is 4.26. The number of piperidine rings is 1. The van der Waals surface area contributed by atoms with Gasteiger partial charge in [0.1, 0.15) is 0 Å². The maximum absolute atomic E-state index is 11.3. The number of nitrogens with zero attached hydrogens (tertiary/aromatic N) is 1. The van der Waals surface area contributed by atoms with Gasteiger partial charge in [0.15, 0.2) is 0 Å². The Morgan fingerprint density at radius 2 is 2.29 bits per heavy atom. The highest BCUT2D eigenvalue weighted by Gasteiger charge is 2.20. The molecule has 0 saturated carbocycles. The molecular weight excluding hydrogens is 178 g/mol. The Morgan fingerprint density at radius 3 is 2.86 bits per heavy atom. The van der Waals surface area contributed by atoms with E-state index in [1.165, 1.54) is 12.8 Å². The van der Waals surface area contributed by atoms with E-state index in [2.05, 4.69) is 17.6 Å². The van der Waals surface area contributed by atoms with E-state index in [-0.39, 0.29) is 6.03 Å². The predicted octanol–water partition coefficient (Wildman–Crippen LogP) is 0.646. The first-order valence-corrected chi connectivity index (χ1v) is 5.30. The number of nitrogens with one attached hydrogen (secondary N) is 2. The van der Waals surface area contributed by atoms with E-state index < -0.39 is 0 Å². The van der Waals surface area contributed by atoms with Gasteiger partial charge in [-0.15, -0.1) is 0 Å². The minimum atomic E-state index is -0.00965. The van der Waals surface area contributed by atoms with Crippen molar-refractivity contribution in [3.8, 4) is 0 Å². The molecule has 2 N–H and O–H groups in total. The maximum atomic E-state index is 11.3. The lowest BCUT2D eigenvalue weighted by Crippen LogP contribution is -2.49. The van der Waals surface area contributed by atoms with E-state index in [1.54, 1.807) is 19.0 Å². The molecule has 4 heteroatoms. The topological polar surface area (TPSA) is 44.4 Å². The van der Waals surface area contributed by atoms with E-state index in [0.29, 0.717) is 12.0 Å². The Hall–Kier alpha value is -0.770. The molecule has 2 amide bonds. The molecule has 2 unspecified atom stereocenters. The number of rotatable bonds is 2. The van der Waals surface area contributed by atoms with E-state index in [0.717, 1.165) is 13.1 Å². The van der Waals surface area contributed by atoms with Gasteiger partial charge in [0.2, 0.25) is 0 Å². The van der Waals surface area contributed by atoms with Gasteiger partial charge in [-0.25, -0.2) is 4.79 Å². The third-order valence-corrected chi connectivity index (χ3v) is 2.81. The first-order chi connectivity index (χ1) is 6.61. The molecule has 0 spiro atoms. The van der Waals surface area contributed by atoms with Gasteiger partial charge in [0.05, 0.1) is 0 Å². The Labute approximate surface area is 86.0 Å². The summed E-state index contributed by atoms with van der Waals surface area (Å²) in [6.07, 6.45) is 2.51. The van der Waals surface area contributed by atoms with Crippen LogP contribution in [0.1, 0.15) is 19.8 Å². The lowest BCUT2D eigenvalue weighted by atomic mass is 9.93. The molecule has 2 atom stereocenters. The zero-order valence-corrected chi connectivity index (χ0v) is 9.34. The summed E-state index contributed by atoms with van der Waals surface area (Å²) >= 11 is 0. The van der Waals surface area contributed by atoms with E-state index >= 15 is 0 Å². The fourth-order valence-corrected chi connectivity index (χ4v) is 1.74. The standard InChI is InChI=1S/C10H21N3O/c1-8-5-4-6-11-9(8)7-12-10(14)13(2)3/h8-9,11H,4-7H2,1-3H3,(H,12,14). The Kier molecular flexibility index (Phi) is 4.20. The van der Waals surface area contributed by atoms with Crippen LogP contribution in [0.4, 0.5) is 4.79 Å². The fraction of sp³-hybridized carbons (Fsp3) is 0.900. The highest BCUT2D eigenvalue weighted by atomic mass is 16.2. The zero-order valence-electron chi connectivity index (χ0n) is 9.34. The van der Waals surface area contributed by atoms with Crippen molar-refractivity contribution in [1.29, 1.82) is 0 Å². The van der Waals surface area contributed by atoms with Crippen molar-refractivity contribution in [2.75, 3.05) is 27.2 Å². The van der Waals surface area contributed by atoms with E-state index in [9.17, 15) is 4.79 Å². The average Bonchev–Trinajstić information content (AvgIpc) is 2.16. The summed E-state index contributed by atoms with van der Waals surface area (Å²) in [7, 11) is 3.51. The summed E-state index contributed by atoms with van der Waals surface area (Å²) in [5.41, 5.74) is 0. The molecule has 1 saturated heterocycles. The van der Waals surface area contributed by atoms with E-state index in [4.69, 9.17) is 0 Å². The van der Waals surface area contributed by atoms with Crippen molar-refractivity contribution in [3.05, 3.63) is 0 Å². The van der Waals surface area contributed by atoms with Crippen molar-refractivity contribution in [2.45, 2.75) is 25.8 Å². The van der Waals surface area contributed by atoms with Crippen molar-refractivity contribution >= 4 is 6.03 Å². The maximum Gasteiger partial charge on any atom is 0.316 e. The average molecular weight is 199 g/mol. The monoisotopic (exact) mass is 199 g/mol. The van der Waals surface area contributed by atoms with Gasteiger partial charge < -0.3 is 15.5 Å². The minimum Gasteiger partial charge on any atom is -0.336 e. The molecule has 1 aliphatic heterocycles. The molecular formula is C10H21N3O. The van der Waals surface area contributed by atoms with Crippen molar-refractivity contribution in [2.24, 2.45) is 5.92 Å². The highest BCUT2D eigenvalue weighted by molar-refractivity contribution is 5.73. The van der Waals surface area contributed by atoms with Crippen LogP contribution in [-0.4, -0.2) is 44.2 Å². The Bertz CT molecular complexity index is 194. The number of hydrogen-bond acceptors (Lipinski definition) is 2. The molecule has 0 aromatic heterocycles. The quantitative estimate of drug-likeness (QED) is 0.685. The summed E-state index contributed by atoms with van der Waals surface area (Å²) < 4.78 is 0. The van der Waals surface area contributed by atoms with Gasteiger partial charge in [0.25, 0.3) is 0 Å². The van der Waals surface area contributed by atoms with Crippen LogP contribution in [0.2, 0.25) is 0 Å². The molecule has 1 rings (SSSR count). The number of carbonyl (C=O) groups excluding carboxylic acids is 1. The molecule has 0 aromatic carbocycles. The molecule has 1 heterocycles. The lowest BCUT2D eigenvalue weighted by molar-refractivity contribution is 0.211. The second kappa shape index (κ2) is 5.20. The van der Waals surface area contributed by atoms with Gasteiger partial charge in [-0.2, -0.15) is 0 Å². The Morgan fingerprint density at radius 1 is 1.57 bits per heavy atom. The third-order valence-electron chi connectivity index (χ3n) is 2.81. The summed E-state index contributed by atoms with van der Waals surface area (Å²) in [5, 5.41) is 6.34.